The van der Waals surface area contributed by atoms with Crippen molar-refractivity contribution in [3.8, 4) is 0 Å². The fourth-order valence-corrected chi connectivity index (χ4v) is 2.80. The first kappa shape index (κ1) is 8.03. The molecule has 2 nitrogen and oxygen atoms in total. The van der Waals surface area contributed by atoms with E-state index in [0.29, 0.717) is 6.61 Å². The molecule has 0 bridgehead atoms. The van der Waals surface area contributed by atoms with Gasteiger partial charge in [0, 0.05) is 12.3 Å². The van der Waals surface area contributed by atoms with Crippen molar-refractivity contribution < 1.29 is 9.30 Å². The molecule has 0 saturated carbocycles. The summed E-state index contributed by atoms with van der Waals surface area (Å²) in [6.45, 7) is 4.14. The summed E-state index contributed by atoms with van der Waals surface area (Å²) in [4.78, 5) is 0. The van der Waals surface area contributed by atoms with Crippen molar-refractivity contribution in [3.05, 3.63) is 12.7 Å². The average Bonchev–Trinajstić information content (AvgIpc) is 2.31. The van der Waals surface area contributed by atoms with Crippen molar-refractivity contribution in [1.82, 2.24) is 0 Å². The maximum absolute atomic E-state index is 10.9. The Bertz CT molecular complexity index is 145. The summed E-state index contributed by atoms with van der Waals surface area (Å²) in [5, 5.41) is 0. The summed E-state index contributed by atoms with van der Waals surface area (Å²) < 4.78 is 16.2. The van der Waals surface area contributed by atoms with Gasteiger partial charge in [-0.1, -0.05) is 6.08 Å². The maximum Gasteiger partial charge on any atom is 0.0788 e. The molecule has 0 spiro atoms. The van der Waals surface area contributed by atoms with E-state index in [1.807, 2.05) is 0 Å². The Balaban J connectivity index is 2.18. The first-order chi connectivity index (χ1) is 4.83. The molecule has 1 fully saturated rings. The van der Waals surface area contributed by atoms with E-state index in [0.717, 1.165) is 18.7 Å². The standard InChI is InChI=1S/C7H13O2P/c1-2-4-9-7-3-5-10(8)6-7/h2,7,10H,1,3-6H2. The monoisotopic (exact) mass is 160 g/mol. The molecule has 2 unspecified atom stereocenters. The molecule has 1 heterocycles. The van der Waals surface area contributed by atoms with Crippen LogP contribution >= 0.6 is 7.80 Å². The van der Waals surface area contributed by atoms with Gasteiger partial charge in [0.05, 0.1) is 20.5 Å². The fourth-order valence-electron chi connectivity index (χ4n) is 1.13. The minimum absolute atomic E-state index is 0.254. The summed E-state index contributed by atoms with van der Waals surface area (Å²) in [5.74, 6) is 0. The molecule has 0 amide bonds. The first-order valence-electron chi connectivity index (χ1n) is 3.57. The largest absolute Gasteiger partial charge is 0.374 e. The number of ether oxygens (including phenoxy) is 1. The van der Waals surface area contributed by atoms with Crippen molar-refractivity contribution in [1.29, 1.82) is 0 Å². The van der Waals surface area contributed by atoms with Gasteiger partial charge in [-0.05, 0) is 6.42 Å². The Labute approximate surface area is 62.1 Å². The minimum Gasteiger partial charge on any atom is -0.374 e. The van der Waals surface area contributed by atoms with Gasteiger partial charge in [0.25, 0.3) is 0 Å². The van der Waals surface area contributed by atoms with Crippen molar-refractivity contribution in [2.75, 3.05) is 18.9 Å². The molecular weight excluding hydrogens is 147 g/mol. The highest BCUT2D eigenvalue weighted by Crippen LogP contribution is 2.32. The molecule has 58 valence electrons. The van der Waals surface area contributed by atoms with E-state index in [9.17, 15) is 4.57 Å². The van der Waals surface area contributed by atoms with Crippen LogP contribution in [0.4, 0.5) is 0 Å². The summed E-state index contributed by atoms with van der Waals surface area (Å²) in [5.41, 5.74) is 0. The molecule has 0 aromatic rings. The Morgan fingerprint density at radius 2 is 2.60 bits per heavy atom. The molecule has 0 aromatic carbocycles. The normalized spacial score (nSPS) is 32.4. The van der Waals surface area contributed by atoms with Crippen LogP contribution in [0, 0.1) is 0 Å². The van der Waals surface area contributed by atoms with Crippen LogP contribution in [0.15, 0.2) is 12.7 Å². The topological polar surface area (TPSA) is 26.3 Å². The second-order valence-corrected chi connectivity index (χ2v) is 4.51. The molecule has 1 rings (SSSR count). The van der Waals surface area contributed by atoms with E-state index >= 15 is 0 Å². The number of hydrogen-bond donors (Lipinski definition) is 0. The zero-order valence-corrected chi connectivity index (χ0v) is 7.01. The van der Waals surface area contributed by atoms with E-state index in [1.54, 1.807) is 6.08 Å². The Hall–Kier alpha value is -0.0700. The third kappa shape index (κ3) is 2.28. The van der Waals surface area contributed by atoms with Gasteiger partial charge in [-0.3, -0.25) is 0 Å². The summed E-state index contributed by atoms with van der Waals surface area (Å²) in [7, 11) is -1.24. The smallest absolute Gasteiger partial charge is 0.0788 e. The highest BCUT2D eigenvalue weighted by atomic mass is 31.1. The van der Waals surface area contributed by atoms with Crippen LogP contribution < -0.4 is 0 Å². The zero-order valence-electron chi connectivity index (χ0n) is 6.01. The molecule has 0 aromatic heterocycles. The van der Waals surface area contributed by atoms with E-state index in [1.165, 1.54) is 0 Å². The van der Waals surface area contributed by atoms with Crippen LogP contribution in [0.3, 0.4) is 0 Å². The van der Waals surface area contributed by atoms with Gasteiger partial charge in [-0.2, -0.15) is 0 Å². The molecular formula is C7H13O2P. The molecule has 10 heavy (non-hydrogen) atoms. The fraction of sp³-hybridized carbons (Fsp3) is 0.714. The summed E-state index contributed by atoms with van der Waals surface area (Å²) in [6, 6.07) is 0. The van der Waals surface area contributed by atoms with Crippen LogP contribution in [0.2, 0.25) is 0 Å². The predicted molar refractivity (Wildman–Crippen MR) is 43.3 cm³/mol. The third-order valence-corrected chi connectivity index (χ3v) is 3.41. The lowest BCUT2D eigenvalue weighted by atomic mass is 10.3. The van der Waals surface area contributed by atoms with Gasteiger partial charge < -0.3 is 9.30 Å². The van der Waals surface area contributed by atoms with Crippen LogP contribution in [0.5, 0.6) is 0 Å². The second-order valence-electron chi connectivity index (χ2n) is 2.53. The lowest BCUT2D eigenvalue weighted by molar-refractivity contribution is 0.0939. The van der Waals surface area contributed by atoms with E-state index < -0.39 is 7.80 Å². The third-order valence-electron chi connectivity index (χ3n) is 1.65. The van der Waals surface area contributed by atoms with Gasteiger partial charge in [-0.25, -0.2) is 0 Å². The molecule has 1 aliphatic rings. The zero-order chi connectivity index (χ0) is 7.40. The highest BCUT2D eigenvalue weighted by Gasteiger charge is 2.20. The molecule has 3 heteroatoms. The van der Waals surface area contributed by atoms with Gasteiger partial charge in [0.1, 0.15) is 0 Å². The number of hydrogen-bond acceptors (Lipinski definition) is 2. The first-order valence-corrected chi connectivity index (χ1v) is 5.39. The molecule has 2 atom stereocenters. The van der Waals surface area contributed by atoms with Crippen molar-refractivity contribution in [2.45, 2.75) is 12.5 Å². The molecule has 0 radical (unpaired) electrons. The Morgan fingerprint density at radius 1 is 1.80 bits per heavy atom. The Kier molecular flexibility index (Phi) is 3.17. The van der Waals surface area contributed by atoms with E-state index in [-0.39, 0.29) is 6.10 Å². The summed E-state index contributed by atoms with van der Waals surface area (Å²) in [6.07, 6.45) is 4.64. The van der Waals surface area contributed by atoms with Crippen molar-refractivity contribution >= 4 is 7.80 Å². The lowest BCUT2D eigenvalue weighted by Gasteiger charge is -2.06. The molecule has 1 aliphatic heterocycles. The minimum atomic E-state index is -1.24. The quantitative estimate of drug-likeness (QED) is 0.462. The van der Waals surface area contributed by atoms with Crippen molar-refractivity contribution in [2.24, 2.45) is 0 Å². The average molecular weight is 160 g/mol. The maximum atomic E-state index is 10.9. The molecule has 0 N–H and O–H groups in total. The van der Waals surface area contributed by atoms with Crippen LogP contribution in [0.1, 0.15) is 6.42 Å². The number of rotatable bonds is 3. The second kappa shape index (κ2) is 3.95. The van der Waals surface area contributed by atoms with E-state index in [2.05, 4.69) is 6.58 Å². The summed E-state index contributed by atoms with van der Waals surface area (Å²) >= 11 is 0. The van der Waals surface area contributed by atoms with Crippen LogP contribution in [-0.2, 0) is 9.30 Å². The van der Waals surface area contributed by atoms with Gasteiger partial charge in [0.2, 0.25) is 0 Å². The highest BCUT2D eigenvalue weighted by molar-refractivity contribution is 7.45. The lowest BCUT2D eigenvalue weighted by Crippen LogP contribution is -2.10. The molecule has 1 saturated heterocycles. The van der Waals surface area contributed by atoms with Gasteiger partial charge in [-0.15, -0.1) is 6.58 Å². The molecule has 0 aliphatic carbocycles. The SMILES string of the molecule is C=CCOC1CC[PH](=O)C1. The predicted octanol–water partition coefficient (Wildman–Crippen LogP) is 1.52. The van der Waals surface area contributed by atoms with Crippen LogP contribution in [0.25, 0.3) is 0 Å². The van der Waals surface area contributed by atoms with E-state index in [4.69, 9.17) is 4.74 Å². The van der Waals surface area contributed by atoms with Gasteiger partial charge >= 0.3 is 0 Å². The van der Waals surface area contributed by atoms with Crippen molar-refractivity contribution in [3.63, 3.8) is 0 Å². The Morgan fingerprint density at radius 3 is 3.10 bits per heavy atom. The van der Waals surface area contributed by atoms with Crippen LogP contribution in [-0.4, -0.2) is 25.0 Å². The van der Waals surface area contributed by atoms with Gasteiger partial charge in [0.15, 0.2) is 0 Å².